The van der Waals surface area contributed by atoms with Crippen LogP contribution in [0.25, 0.3) is 33.3 Å². The van der Waals surface area contributed by atoms with Crippen LogP contribution < -0.4 is 4.74 Å². The lowest BCUT2D eigenvalue weighted by atomic mass is 10.1. The Balaban J connectivity index is 1.26. The van der Waals surface area contributed by atoms with Crippen LogP contribution in [0, 0.1) is 0 Å². The number of benzene rings is 2. The van der Waals surface area contributed by atoms with Crippen LogP contribution in [0.1, 0.15) is 71.1 Å². The Bertz CT molecular complexity index is 1150. The van der Waals surface area contributed by atoms with Crippen molar-refractivity contribution in [1.29, 1.82) is 0 Å². The fourth-order valence-corrected chi connectivity index (χ4v) is 4.38. The van der Waals surface area contributed by atoms with Crippen LogP contribution >= 0.6 is 0 Å². The summed E-state index contributed by atoms with van der Waals surface area (Å²) in [6, 6.07) is 20.1. The summed E-state index contributed by atoms with van der Waals surface area (Å²) in [4.78, 5) is 4.80. The molecule has 0 fully saturated rings. The van der Waals surface area contributed by atoms with E-state index in [2.05, 4.69) is 19.1 Å². The molecular formula is C30H37NO3. The van der Waals surface area contributed by atoms with E-state index in [0.29, 0.717) is 11.5 Å². The first kappa shape index (κ1) is 24.3. The van der Waals surface area contributed by atoms with Crippen molar-refractivity contribution in [3.8, 4) is 17.2 Å². The molecule has 0 N–H and O–H groups in total. The summed E-state index contributed by atoms with van der Waals surface area (Å²) in [6.45, 7) is 3.20. The first-order valence-electron chi connectivity index (χ1n) is 12.9. The third-order valence-corrected chi connectivity index (χ3v) is 6.31. The zero-order chi connectivity index (χ0) is 23.4. The van der Waals surface area contributed by atoms with E-state index < -0.39 is 0 Å². The van der Waals surface area contributed by atoms with Crippen molar-refractivity contribution in [3.63, 3.8) is 0 Å². The van der Waals surface area contributed by atoms with E-state index in [1.54, 1.807) is 0 Å². The number of fused-ring (bicyclic) bond motifs is 2. The number of pyridine rings is 1. The molecule has 0 aliphatic carbocycles. The summed E-state index contributed by atoms with van der Waals surface area (Å²) in [5.74, 6) is 1.34. The SMILES string of the molecule is CCCCCCCCCCCCOCOc1c(-c2ccc3ccccc3n2)oc2ccccc12. The maximum absolute atomic E-state index is 6.15. The average Bonchev–Trinajstić information content (AvgIpc) is 3.25. The molecule has 0 aliphatic heterocycles. The topological polar surface area (TPSA) is 44.5 Å². The maximum atomic E-state index is 6.15. The first-order valence-corrected chi connectivity index (χ1v) is 12.9. The van der Waals surface area contributed by atoms with Crippen LogP contribution in [-0.4, -0.2) is 18.4 Å². The molecule has 0 radical (unpaired) electrons. The van der Waals surface area contributed by atoms with Gasteiger partial charge in [0.2, 0.25) is 0 Å². The molecule has 2 heterocycles. The number of para-hydroxylation sites is 2. The minimum absolute atomic E-state index is 0.210. The van der Waals surface area contributed by atoms with Crippen LogP contribution in [0.15, 0.2) is 65.1 Å². The summed E-state index contributed by atoms with van der Waals surface area (Å²) in [6.07, 6.45) is 13.2. The molecule has 180 valence electrons. The normalized spacial score (nSPS) is 11.4. The molecule has 2 aromatic heterocycles. The number of hydrogen-bond acceptors (Lipinski definition) is 4. The maximum Gasteiger partial charge on any atom is 0.195 e. The fraction of sp³-hybridized carbons (Fsp3) is 0.433. The Morgan fingerprint density at radius 2 is 1.44 bits per heavy atom. The third kappa shape index (κ3) is 6.60. The van der Waals surface area contributed by atoms with Gasteiger partial charge in [-0.15, -0.1) is 0 Å². The summed E-state index contributed by atoms with van der Waals surface area (Å²) in [5, 5.41) is 2.04. The van der Waals surface area contributed by atoms with Gasteiger partial charge in [0.25, 0.3) is 0 Å². The van der Waals surface area contributed by atoms with E-state index in [4.69, 9.17) is 18.9 Å². The fourth-order valence-electron chi connectivity index (χ4n) is 4.38. The van der Waals surface area contributed by atoms with Gasteiger partial charge in [0.15, 0.2) is 18.3 Å². The van der Waals surface area contributed by atoms with E-state index in [-0.39, 0.29) is 6.79 Å². The number of furan rings is 1. The quantitative estimate of drug-likeness (QED) is 0.131. The third-order valence-electron chi connectivity index (χ3n) is 6.31. The average molecular weight is 460 g/mol. The highest BCUT2D eigenvalue weighted by molar-refractivity contribution is 5.92. The van der Waals surface area contributed by atoms with Gasteiger partial charge in [-0.2, -0.15) is 0 Å². The first-order chi connectivity index (χ1) is 16.9. The van der Waals surface area contributed by atoms with E-state index in [1.165, 1.54) is 57.8 Å². The molecule has 2 aromatic carbocycles. The van der Waals surface area contributed by atoms with E-state index in [9.17, 15) is 0 Å². The molecule has 34 heavy (non-hydrogen) atoms. The molecule has 0 spiro atoms. The highest BCUT2D eigenvalue weighted by atomic mass is 16.7. The second kappa shape index (κ2) is 13.1. The summed E-state index contributed by atoms with van der Waals surface area (Å²) in [5.41, 5.74) is 2.49. The zero-order valence-corrected chi connectivity index (χ0v) is 20.4. The van der Waals surface area contributed by atoms with Crippen molar-refractivity contribution in [2.45, 2.75) is 71.1 Å². The summed E-state index contributed by atoms with van der Waals surface area (Å²) >= 11 is 0. The van der Waals surface area contributed by atoms with Gasteiger partial charge in [-0.05, 0) is 30.7 Å². The van der Waals surface area contributed by atoms with Gasteiger partial charge in [-0.3, -0.25) is 0 Å². The molecule has 4 aromatic rings. The molecule has 0 atom stereocenters. The van der Waals surface area contributed by atoms with Crippen molar-refractivity contribution >= 4 is 21.9 Å². The molecule has 4 rings (SSSR count). The van der Waals surface area contributed by atoms with Crippen LogP contribution in [0.2, 0.25) is 0 Å². The molecule has 4 nitrogen and oxygen atoms in total. The van der Waals surface area contributed by atoms with Gasteiger partial charge in [0, 0.05) is 5.39 Å². The number of aromatic nitrogens is 1. The minimum atomic E-state index is 0.210. The van der Waals surface area contributed by atoms with Gasteiger partial charge in [-0.25, -0.2) is 4.98 Å². The molecule has 4 heteroatoms. The van der Waals surface area contributed by atoms with E-state index in [1.807, 2.05) is 48.5 Å². The largest absolute Gasteiger partial charge is 0.463 e. The zero-order valence-electron chi connectivity index (χ0n) is 20.4. The van der Waals surface area contributed by atoms with Crippen LogP contribution in [0.5, 0.6) is 5.75 Å². The van der Waals surface area contributed by atoms with Gasteiger partial charge in [0.1, 0.15) is 11.3 Å². The molecular weight excluding hydrogens is 422 g/mol. The van der Waals surface area contributed by atoms with Crippen molar-refractivity contribution in [2.24, 2.45) is 0 Å². The van der Waals surface area contributed by atoms with Gasteiger partial charge >= 0.3 is 0 Å². The molecule has 0 saturated carbocycles. The van der Waals surface area contributed by atoms with Crippen LogP contribution in [-0.2, 0) is 4.74 Å². The number of hydrogen-bond donors (Lipinski definition) is 0. The van der Waals surface area contributed by atoms with Crippen molar-refractivity contribution in [1.82, 2.24) is 4.98 Å². The predicted molar refractivity (Wildman–Crippen MR) is 140 cm³/mol. The predicted octanol–water partition coefficient (Wildman–Crippen LogP) is 8.92. The number of ether oxygens (including phenoxy) is 2. The second-order valence-electron chi connectivity index (χ2n) is 9.00. The van der Waals surface area contributed by atoms with Gasteiger partial charge in [-0.1, -0.05) is 101 Å². The molecule has 0 saturated heterocycles. The second-order valence-corrected chi connectivity index (χ2v) is 9.00. The highest BCUT2D eigenvalue weighted by Crippen LogP contribution is 2.39. The highest BCUT2D eigenvalue weighted by Gasteiger charge is 2.18. The lowest BCUT2D eigenvalue weighted by molar-refractivity contribution is 0.0143. The van der Waals surface area contributed by atoms with Crippen molar-refractivity contribution in [3.05, 3.63) is 60.7 Å². The molecule has 0 aliphatic rings. The summed E-state index contributed by atoms with van der Waals surface area (Å²) in [7, 11) is 0. The Kier molecular flexibility index (Phi) is 9.39. The lowest BCUT2D eigenvalue weighted by Crippen LogP contribution is -2.04. The number of rotatable bonds is 15. The molecule has 0 unspecified atom stereocenters. The van der Waals surface area contributed by atoms with E-state index in [0.717, 1.165) is 40.6 Å². The standard InChI is InChI=1S/C30H37NO3/c1-2-3-4-5-6-7-8-9-10-15-22-32-23-33-29-25-17-12-14-19-28(25)34-30(29)27-21-20-24-16-11-13-18-26(24)31-27/h11-14,16-21H,2-10,15,22-23H2,1H3. The van der Waals surface area contributed by atoms with Crippen molar-refractivity contribution in [2.75, 3.05) is 13.4 Å². The Morgan fingerprint density at radius 1 is 0.735 bits per heavy atom. The molecule has 0 bridgehead atoms. The molecule has 0 amide bonds. The number of nitrogens with zero attached hydrogens (tertiary/aromatic N) is 1. The monoisotopic (exact) mass is 459 g/mol. The van der Waals surface area contributed by atoms with Crippen LogP contribution in [0.4, 0.5) is 0 Å². The smallest absolute Gasteiger partial charge is 0.195 e. The number of unbranched alkanes of at least 4 members (excludes halogenated alkanes) is 9. The van der Waals surface area contributed by atoms with Crippen molar-refractivity contribution < 1.29 is 13.9 Å². The van der Waals surface area contributed by atoms with Gasteiger partial charge in [0.05, 0.1) is 17.5 Å². The Morgan fingerprint density at radius 3 is 2.26 bits per heavy atom. The Hall–Kier alpha value is -2.85. The minimum Gasteiger partial charge on any atom is -0.463 e. The lowest BCUT2D eigenvalue weighted by Gasteiger charge is -2.08. The van der Waals surface area contributed by atoms with Gasteiger partial charge < -0.3 is 13.9 Å². The van der Waals surface area contributed by atoms with E-state index >= 15 is 0 Å². The Labute approximate surface area is 203 Å². The van der Waals surface area contributed by atoms with Crippen LogP contribution in [0.3, 0.4) is 0 Å². The summed E-state index contributed by atoms with van der Waals surface area (Å²) < 4.78 is 18.1.